The van der Waals surface area contributed by atoms with E-state index in [1.807, 2.05) is 12.1 Å². The lowest BCUT2D eigenvalue weighted by atomic mass is 10.1. The van der Waals surface area contributed by atoms with Crippen molar-refractivity contribution in [3.63, 3.8) is 0 Å². The molecule has 1 saturated heterocycles. The topological polar surface area (TPSA) is 98.9 Å². The van der Waals surface area contributed by atoms with Gasteiger partial charge >= 0.3 is 6.09 Å². The Morgan fingerprint density at radius 3 is 2.16 bits per heavy atom. The van der Waals surface area contributed by atoms with Crippen molar-refractivity contribution in [3.8, 4) is 0 Å². The molecule has 0 aliphatic carbocycles. The van der Waals surface area contributed by atoms with Crippen molar-refractivity contribution in [3.05, 3.63) is 29.8 Å². The maximum absolute atomic E-state index is 11.3. The van der Waals surface area contributed by atoms with Crippen molar-refractivity contribution >= 4 is 17.7 Å². The average molecular weight is 264 g/mol. The van der Waals surface area contributed by atoms with Crippen LogP contribution in [0.3, 0.4) is 0 Å². The first-order valence-corrected chi connectivity index (χ1v) is 5.95. The molecule has 1 aliphatic rings. The zero-order chi connectivity index (χ0) is 13.8. The summed E-state index contributed by atoms with van der Waals surface area (Å²) >= 11 is 0. The summed E-state index contributed by atoms with van der Waals surface area (Å²) in [6.07, 6.45) is -0.880. The first-order chi connectivity index (χ1) is 9.11. The Labute approximate surface area is 110 Å². The monoisotopic (exact) mass is 264 g/mol. The minimum atomic E-state index is -0.880. The number of nitrogen functional groups attached to an aromatic ring is 1. The molecule has 1 heterocycles. The van der Waals surface area contributed by atoms with Crippen LogP contribution in [-0.4, -0.2) is 48.2 Å². The van der Waals surface area contributed by atoms with E-state index in [2.05, 4.69) is 10.3 Å². The number of piperazine rings is 1. The van der Waals surface area contributed by atoms with Gasteiger partial charge in [-0.2, -0.15) is 0 Å². The normalized spacial score (nSPS) is 15.2. The second-order valence-corrected chi connectivity index (χ2v) is 4.28. The maximum atomic E-state index is 11.3. The third-order valence-electron chi connectivity index (χ3n) is 3.18. The SMILES string of the molecule is NNC(=O)c1ccc(N2CCN(C(=O)O)CC2)cc1. The van der Waals surface area contributed by atoms with E-state index in [0.29, 0.717) is 31.7 Å². The molecule has 0 aromatic heterocycles. The largest absolute Gasteiger partial charge is 0.465 e. The summed E-state index contributed by atoms with van der Waals surface area (Å²) in [5.41, 5.74) is 3.54. The second-order valence-electron chi connectivity index (χ2n) is 4.28. The summed E-state index contributed by atoms with van der Waals surface area (Å²) in [4.78, 5) is 25.6. The fraction of sp³-hybridized carbons (Fsp3) is 0.333. The van der Waals surface area contributed by atoms with Gasteiger partial charge in [0.25, 0.3) is 5.91 Å². The van der Waals surface area contributed by atoms with E-state index >= 15 is 0 Å². The lowest BCUT2D eigenvalue weighted by Crippen LogP contribution is -2.48. The number of nitrogens with two attached hydrogens (primary N) is 1. The third-order valence-corrected chi connectivity index (χ3v) is 3.18. The summed E-state index contributed by atoms with van der Waals surface area (Å²) in [5, 5.41) is 8.87. The summed E-state index contributed by atoms with van der Waals surface area (Å²) < 4.78 is 0. The number of benzene rings is 1. The van der Waals surface area contributed by atoms with Crippen LogP contribution in [0.4, 0.5) is 10.5 Å². The van der Waals surface area contributed by atoms with Gasteiger partial charge in [0.2, 0.25) is 0 Å². The van der Waals surface area contributed by atoms with Crippen LogP contribution in [0.15, 0.2) is 24.3 Å². The minimum Gasteiger partial charge on any atom is -0.465 e. The van der Waals surface area contributed by atoms with E-state index in [9.17, 15) is 9.59 Å². The summed E-state index contributed by atoms with van der Waals surface area (Å²) in [6, 6.07) is 7.06. The van der Waals surface area contributed by atoms with Crippen LogP contribution in [0.25, 0.3) is 0 Å². The van der Waals surface area contributed by atoms with E-state index in [-0.39, 0.29) is 5.91 Å². The predicted octanol–water partition coefficient (Wildman–Crippen LogP) is 0.0901. The van der Waals surface area contributed by atoms with Crippen molar-refractivity contribution in [2.75, 3.05) is 31.1 Å². The first kappa shape index (κ1) is 13.2. The predicted molar refractivity (Wildman–Crippen MR) is 69.9 cm³/mol. The van der Waals surface area contributed by atoms with Crippen LogP contribution in [0.1, 0.15) is 10.4 Å². The van der Waals surface area contributed by atoms with E-state index in [1.54, 1.807) is 12.1 Å². The molecule has 1 fully saturated rings. The highest BCUT2D eigenvalue weighted by molar-refractivity contribution is 5.94. The van der Waals surface area contributed by atoms with Gasteiger partial charge in [-0.25, -0.2) is 10.6 Å². The Bertz CT molecular complexity index is 466. The molecule has 1 aromatic carbocycles. The van der Waals surface area contributed by atoms with Crippen molar-refractivity contribution < 1.29 is 14.7 Å². The van der Waals surface area contributed by atoms with Gasteiger partial charge in [0.05, 0.1) is 0 Å². The molecule has 0 bridgehead atoms. The molecule has 0 spiro atoms. The van der Waals surface area contributed by atoms with Gasteiger partial charge in [-0.05, 0) is 24.3 Å². The Kier molecular flexibility index (Phi) is 3.86. The molecule has 0 atom stereocenters. The number of carbonyl (C=O) groups excluding carboxylic acids is 1. The molecule has 0 radical (unpaired) electrons. The number of hydrogen-bond acceptors (Lipinski definition) is 4. The zero-order valence-electron chi connectivity index (χ0n) is 10.4. The van der Waals surface area contributed by atoms with E-state index in [0.717, 1.165) is 5.69 Å². The van der Waals surface area contributed by atoms with Crippen LogP contribution in [0.5, 0.6) is 0 Å². The number of nitrogens with zero attached hydrogens (tertiary/aromatic N) is 2. The molecule has 1 aromatic rings. The summed E-state index contributed by atoms with van der Waals surface area (Å²) in [5.74, 6) is 4.73. The minimum absolute atomic E-state index is 0.331. The van der Waals surface area contributed by atoms with E-state index < -0.39 is 6.09 Å². The number of anilines is 1. The molecule has 2 rings (SSSR count). The molecule has 1 aliphatic heterocycles. The number of hydrazine groups is 1. The standard InChI is InChI=1S/C12H16N4O3/c13-14-11(17)9-1-3-10(4-2-9)15-5-7-16(8-6-15)12(18)19/h1-4H,5-8,13H2,(H,14,17)(H,18,19). The molecule has 7 nitrogen and oxygen atoms in total. The molecule has 0 unspecified atom stereocenters. The van der Waals surface area contributed by atoms with Gasteiger partial charge in [-0.15, -0.1) is 0 Å². The molecule has 0 saturated carbocycles. The number of carbonyl (C=O) groups is 2. The number of rotatable bonds is 2. The quantitative estimate of drug-likeness (QED) is 0.399. The van der Waals surface area contributed by atoms with Crippen molar-refractivity contribution in [1.82, 2.24) is 10.3 Å². The van der Waals surface area contributed by atoms with Crippen molar-refractivity contribution in [2.24, 2.45) is 5.84 Å². The smallest absolute Gasteiger partial charge is 0.407 e. The van der Waals surface area contributed by atoms with Gasteiger partial charge < -0.3 is 14.9 Å². The van der Waals surface area contributed by atoms with Crippen LogP contribution in [0.2, 0.25) is 0 Å². The van der Waals surface area contributed by atoms with Gasteiger partial charge in [0, 0.05) is 37.4 Å². The summed E-state index contributed by atoms with van der Waals surface area (Å²) in [7, 11) is 0. The van der Waals surface area contributed by atoms with Gasteiger partial charge in [-0.3, -0.25) is 10.2 Å². The van der Waals surface area contributed by atoms with Crippen molar-refractivity contribution in [1.29, 1.82) is 0 Å². The highest BCUT2D eigenvalue weighted by atomic mass is 16.4. The van der Waals surface area contributed by atoms with E-state index in [1.165, 1.54) is 4.90 Å². The third kappa shape index (κ3) is 2.94. The maximum Gasteiger partial charge on any atom is 0.407 e. The molecule has 7 heteroatoms. The number of hydrogen-bond donors (Lipinski definition) is 3. The molecule has 2 amide bonds. The lowest BCUT2D eigenvalue weighted by molar-refractivity contribution is 0.0953. The zero-order valence-corrected chi connectivity index (χ0v) is 10.4. The highest BCUT2D eigenvalue weighted by Gasteiger charge is 2.20. The Morgan fingerprint density at radius 1 is 1.11 bits per heavy atom. The Hall–Kier alpha value is -2.28. The number of carboxylic acid groups (broad SMARTS) is 1. The van der Waals surface area contributed by atoms with Gasteiger partial charge in [0.15, 0.2) is 0 Å². The first-order valence-electron chi connectivity index (χ1n) is 5.95. The van der Waals surface area contributed by atoms with E-state index in [4.69, 9.17) is 10.9 Å². The molecular weight excluding hydrogens is 248 g/mol. The number of nitrogens with one attached hydrogen (secondary N) is 1. The molecule has 19 heavy (non-hydrogen) atoms. The average Bonchev–Trinajstić information content (AvgIpc) is 2.46. The Balaban J connectivity index is 2.00. The molecule has 102 valence electrons. The van der Waals surface area contributed by atoms with Crippen LogP contribution in [0, 0.1) is 0 Å². The second kappa shape index (κ2) is 5.57. The Morgan fingerprint density at radius 2 is 1.68 bits per heavy atom. The highest BCUT2D eigenvalue weighted by Crippen LogP contribution is 2.17. The van der Waals surface area contributed by atoms with Gasteiger partial charge in [0.1, 0.15) is 0 Å². The fourth-order valence-electron chi connectivity index (χ4n) is 2.06. The van der Waals surface area contributed by atoms with Crippen LogP contribution < -0.4 is 16.2 Å². The van der Waals surface area contributed by atoms with Crippen LogP contribution >= 0.6 is 0 Å². The van der Waals surface area contributed by atoms with Crippen LogP contribution in [-0.2, 0) is 0 Å². The lowest BCUT2D eigenvalue weighted by Gasteiger charge is -2.34. The van der Waals surface area contributed by atoms with Crippen molar-refractivity contribution in [2.45, 2.75) is 0 Å². The number of amides is 2. The summed E-state index contributed by atoms with van der Waals surface area (Å²) in [6.45, 7) is 2.27. The fourth-order valence-corrected chi connectivity index (χ4v) is 2.06. The molecule has 4 N–H and O–H groups in total. The molecular formula is C12H16N4O3. The van der Waals surface area contributed by atoms with Gasteiger partial charge in [-0.1, -0.05) is 0 Å².